The topological polar surface area (TPSA) is 80.1 Å². The smallest absolute Gasteiger partial charge is 0.271 e. The summed E-state index contributed by atoms with van der Waals surface area (Å²) < 4.78 is 0. The van der Waals surface area contributed by atoms with Crippen LogP contribution in [0.15, 0.2) is 48.8 Å². The molecular weight excluding hydrogens is 288 g/mol. The van der Waals surface area contributed by atoms with Crippen molar-refractivity contribution < 1.29 is 4.92 Å². The van der Waals surface area contributed by atoms with E-state index in [0.29, 0.717) is 10.8 Å². The molecule has 0 fully saturated rings. The van der Waals surface area contributed by atoms with Crippen molar-refractivity contribution >= 4 is 28.7 Å². The summed E-state index contributed by atoms with van der Waals surface area (Å²) in [6, 6.07) is 9.99. The fourth-order valence-electron chi connectivity index (χ4n) is 1.80. The Labute approximate surface area is 127 Å². The van der Waals surface area contributed by atoms with Crippen molar-refractivity contribution in [2.45, 2.75) is 13.0 Å². The maximum atomic E-state index is 10.7. The van der Waals surface area contributed by atoms with Gasteiger partial charge >= 0.3 is 0 Å². The van der Waals surface area contributed by atoms with Crippen LogP contribution in [0.25, 0.3) is 0 Å². The highest BCUT2D eigenvalue weighted by molar-refractivity contribution is 7.80. The lowest BCUT2D eigenvalue weighted by atomic mass is 10.1. The predicted molar refractivity (Wildman–Crippen MR) is 85.1 cm³/mol. The van der Waals surface area contributed by atoms with Crippen molar-refractivity contribution in [3.05, 3.63) is 64.5 Å². The molecule has 0 saturated heterocycles. The van der Waals surface area contributed by atoms with Crippen LogP contribution in [0.3, 0.4) is 0 Å². The highest BCUT2D eigenvalue weighted by Crippen LogP contribution is 2.17. The number of aromatic nitrogens is 1. The van der Waals surface area contributed by atoms with Crippen LogP contribution in [0, 0.1) is 10.1 Å². The van der Waals surface area contributed by atoms with Crippen molar-refractivity contribution in [3.8, 4) is 0 Å². The summed E-state index contributed by atoms with van der Waals surface area (Å²) >= 11 is 5.21. The molecule has 0 aliphatic carbocycles. The summed E-state index contributed by atoms with van der Waals surface area (Å²) in [7, 11) is 0. The molecule has 7 heteroatoms. The predicted octanol–water partition coefficient (Wildman–Crippen LogP) is 3.04. The van der Waals surface area contributed by atoms with Crippen molar-refractivity contribution in [3.63, 3.8) is 0 Å². The van der Waals surface area contributed by atoms with Crippen LogP contribution in [-0.2, 0) is 0 Å². The van der Waals surface area contributed by atoms with Gasteiger partial charge in [-0.3, -0.25) is 15.1 Å². The highest BCUT2D eigenvalue weighted by Gasteiger charge is 2.09. The number of anilines is 1. The summed E-state index contributed by atoms with van der Waals surface area (Å²) in [4.78, 5) is 14.2. The molecule has 1 atom stereocenters. The lowest BCUT2D eigenvalue weighted by Gasteiger charge is -2.17. The van der Waals surface area contributed by atoms with Crippen LogP contribution in [0.5, 0.6) is 0 Å². The molecule has 1 aromatic carbocycles. The maximum Gasteiger partial charge on any atom is 0.271 e. The van der Waals surface area contributed by atoms with E-state index in [1.807, 2.05) is 19.1 Å². The minimum Gasteiger partial charge on any atom is -0.356 e. The molecule has 0 amide bonds. The number of nitrogens with one attached hydrogen (secondary N) is 2. The molecule has 1 aromatic heterocycles. The number of nitro benzene ring substituents is 1. The fraction of sp³-hybridized carbons (Fsp3) is 0.143. The normalized spacial score (nSPS) is 11.5. The number of nitro groups is 1. The van der Waals surface area contributed by atoms with Gasteiger partial charge in [-0.15, -0.1) is 0 Å². The van der Waals surface area contributed by atoms with Crippen LogP contribution < -0.4 is 10.6 Å². The first-order chi connectivity index (χ1) is 10.1. The van der Waals surface area contributed by atoms with Gasteiger partial charge in [-0.1, -0.05) is 6.07 Å². The molecule has 0 bridgehead atoms. The third-order valence-corrected chi connectivity index (χ3v) is 3.09. The zero-order valence-electron chi connectivity index (χ0n) is 11.3. The Balaban J connectivity index is 1.99. The second-order valence-electron chi connectivity index (χ2n) is 4.41. The molecule has 1 unspecified atom stereocenters. The van der Waals surface area contributed by atoms with Gasteiger partial charge in [-0.25, -0.2) is 0 Å². The maximum absolute atomic E-state index is 10.7. The summed E-state index contributed by atoms with van der Waals surface area (Å²) in [6.07, 6.45) is 3.43. The van der Waals surface area contributed by atoms with Crippen LogP contribution >= 0.6 is 12.2 Å². The molecule has 2 rings (SSSR count). The first-order valence-corrected chi connectivity index (χ1v) is 6.69. The van der Waals surface area contributed by atoms with E-state index >= 15 is 0 Å². The van der Waals surface area contributed by atoms with Gasteiger partial charge in [0.05, 0.1) is 11.0 Å². The van der Waals surface area contributed by atoms with Crippen LogP contribution in [0.4, 0.5) is 11.4 Å². The lowest BCUT2D eigenvalue weighted by Crippen LogP contribution is -2.30. The van der Waals surface area contributed by atoms with Crippen LogP contribution in [0.2, 0.25) is 0 Å². The number of hydrogen-bond donors (Lipinski definition) is 2. The Hall–Kier alpha value is -2.54. The summed E-state index contributed by atoms with van der Waals surface area (Å²) in [5, 5.41) is 17.2. The first-order valence-electron chi connectivity index (χ1n) is 6.28. The zero-order chi connectivity index (χ0) is 15.2. The third kappa shape index (κ3) is 4.22. The van der Waals surface area contributed by atoms with E-state index < -0.39 is 4.92 Å². The zero-order valence-corrected chi connectivity index (χ0v) is 12.1. The number of non-ortho nitro benzene ring substituents is 1. The minimum atomic E-state index is -0.443. The monoisotopic (exact) mass is 302 g/mol. The molecule has 108 valence electrons. The average Bonchev–Trinajstić information content (AvgIpc) is 2.48. The number of hydrogen-bond acceptors (Lipinski definition) is 4. The van der Waals surface area contributed by atoms with E-state index in [9.17, 15) is 10.1 Å². The molecule has 0 aliphatic heterocycles. The van der Waals surface area contributed by atoms with E-state index in [2.05, 4.69) is 15.6 Å². The summed E-state index contributed by atoms with van der Waals surface area (Å²) in [5.41, 5.74) is 1.64. The molecule has 21 heavy (non-hydrogen) atoms. The van der Waals surface area contributed by atoms with Gasteiger partial charge in [0.1, 0.15) is 0 Å². The van der Waals surface area contributed by atoms with E-state index in [1.165, 1.54) is 12.1 Å². The number of nitrogens with zero attached hydrogens (tertiary/aromatic N) is 2. The summed E-state index contributed by atoms with van der Waals surface area (Å²) in [5.74, 6) is 0. The second kappa shape index (κ2) is 6.76. The second-order valence-corrected chi connectivity index (χ2v) is 4.82. The Bertz CT molecular complexity index is 648. The van der Waals surface area contributed by atoms with E-state index in [0.717, 1.165) is 5.56 Å². The van der Waals surface area contributed by atoms with Crippen LogP contribution in [-0.4, -0.2) is 15.0 Å². The van der Waals surface area contributed by atoms with E-state index in [4.69, 9.17) is 12.2 Å². The van der Waals surface area contributed by atoms with Crippen molar-refractivity contribution in [2.75, 3.05) is 5.32 Å². The third-order valence-electron chi connectivity index (χ3n) is 2.87. The van der Waals surface area contributed by atoms with Crippen molar-refractivity contribution in [2.24, 2.45) is 0 Å². The standard InChI is InChI=1S/C14H14N4O2S/c1-10(11-5-7-15-8-6-11)16-14(21)17-12-3-2-4-13(9-12)18(19)20/h2-10H,1H3,(H2,16,17,21). The number of thiocarbonyl (C=S) groups is 1. The number of rotatable bonds is 4. The van der Waals surface area contributed by atoms with Gasteiger partial charge in [0.15, 0.2) is 5.11 Å². The average molecular weight is 302 g/mol. The fourth-order valence-corrected chi connectivity index (χ4v) is 2.09. The van der Waals surface area contributed by atoms with Crippen molar-refractivity contribution in [1.29, 1.82) is 0 Å². The molecular formula is C14H14N4O2S. The highest BCUT2D eigenvalue weighted by atomic mass is 32.1. The minimum absolute atomic E-state index is 0.00620. The van der Waals surface area contributed by atoms with E-state index in [1.54, 1.807) is 24.5 Å². The summed E-state index contributed by atoms with van der Waals surface area (Å²) in [6.45, 7) is 1.97. The van der Waals surface area contributed by atoms with Gasteiger partial charge < -0.3 is 10.6 Å². The Morgan fingerprint density at radius 3 is 2.71 bits per heavy atom. The molecule has 2 aromatic rings. The molecule has 0 saturated carbocycles. The molecule has 2 N–H and O–H groups in total. The lowest BCUT2D eigenvalue weighted by molar-refractivity contribution is -0.384. The molecule has 0 spiro atoms. The Morgan fingerprint density at radius 1 is 1.33 bits per heavy atom. The largest absolute Gasteiger partial charge is 0.356 e. The Kier molecular flexibility index (Phi) is 4.78. The SMILES string of the molecule is CC(NC(=S)Nc1cccc([N+](=O)[O-])c1)c1ccncc1. The quantitative estimate of drug-likeness (QED) is 0.513. The van der Waals surface area contributed by atoms with Crippen molar-refractivity contribution in [1.82, 2.24) is 10.3 Å². The number of pyridine rings is 1. The molecule has 0 aliphatic rings. The van der Waals surface area contributed by atoms with E-state index in [-0.39, 0.29) is 11.7 Å². The Morgan fingerprint density at radius 2 is 2.05 bits per heavy atom. The first kappa shape index (κ1) is 14.9. The number of benzene rings is 1. The van der Waals surface area contributed by atoms with Gasteiger partial charge in [0.25, 0.3) is 5.69 Å². The van der Waals surface area contributed by atoms with Gasteiger partial charge in [-0.2, -0.15) is 0 Å². The van der Waals surface area contributed by atoms with Gasteiger partial charge in [-0.05, 0) is 42.9 Å². The van der Waals surface area contributed by atoms with Gasteiger partial charge in [0, 0.05) is 30.2 Å². The molecule has 6 nitrogen and oxygen atoms in total. The van der Waals surface area contributed by atoms with Crippen LogP contribution in [0.1, 0.15) is 18.5 Å². The molecule has 1 heterocycles. The molecule has 0 radical (unpaired) electrons. The van der Waals surface area contributed by atoms with Gasteiger partial charge in [0.2, 0.25) is 0 Å².